The highest BCUT2D eigenvalue weighted by molar-refractivity contribution is 6.01. The van der Waals surface area contributed by atoms with E-state index in [0.717, 1.165) is 5.56 Å². The molecule has 7 nitrogen and oxygen atoms in total. The number of β-amino-alcohol motifs (C(OH)–C–C–N with tert-alkyl or cyclic N) is 1. The van der Waals surface area contributed by atoms with Crippen molar-refractivity contribution in [2.24, 2.45) is 0 Å². The van der Waals surface area contributed by atoms with E-state index in [0.29, 0.717) is 17.8 Å². The number of hydrogen-bond acceptors (Lipinski definition) is 4. The molecule has 3 amide bonds. The third-order valence-corrected chi connectivity index (χ3v) is 4.03. The predicted molar refractivity (Wildman–Crippen MR) is 77.8 cm³/mol. The van der Waals surface area contributed by atoms with Crippen LogP contribution >= 0.6 is 0 Å². The van der Waals surface area contributed by atoms with E-state index < -0.39 is 6.04 Å². The summed E-state index contributed by atoms with van der Waals surface area (Å²) >= 11 is 0. The van der Waals surface area contributed by atoms with Gasteiger partial charge in [0.2, 0.25) is 0 Å². The van der Waals surface area contributed by atoms with E-state index in [2.05, 4.69) is 5.32 Å². The van der Waals surface area contributed by atoms with Crippen LogP contribution in [-0.2, 0) is 4.79 Å². The highest BCUT2D eigenvalue weighted by Crippen LogP contribution is 2.35. The first-order chi connectivity index (χ1) is 10.5. The van der Waals surface area contributed by atoms with E-state index in [9.17, 15) is 14.7 Å². The molecule has 2 aliphatic heterocycles. The second-order valence-electron chi connectivity index (χ2n) is 5.34. The van der Waals surface area contributed by atoms with Crippen LogP contribution < -0.4 is 5.32 Å². The van der Waals surface area contributed by atoms with Crippen LogP contribution in [-0.4, -0.2) is 58.7 Å². The van der Waals surface area contributed by atoms with Gasteiger partial charge in [-0.05, 0) is 17.7 Å². The monoisotopic (exact) mass is 303 g/mol. The molecule has 0 spiro atoms. The average molecular weight is 303 g/mol. The number of carbonyl (C=O) groups excluding carboxylic acids is 2. The van der Waals surface area contributed by atoms with Crippen LogP contribution in [0.3, 0.4) is 0 Å². The van der Waals surface area contributed by atoms with Crippen LogP contribution in [0.5, 0.6) is 5.75 Å². The molecule has 0 unspecified atom stereocenters. The van der Waals surface area contributed by atoms with Crippen molar-refractivity contribution in [2.75, 3.05) is 26.7 Å². The van der Waals surface area contributed by atoms with E-state index in [4.69, 9.17) is 5.11 Å². The summed E-state index contributed by atoms with van der Waals surface area (Å²) in [6.45, 7) is 0.421. The van der Waals surface area contributed by atoms with Gasteiger partial charge in [0.1, 0.15) is 5.75 Å². The summed E-state index contributed by atoms with van der Waals surface area (Å²) in [5.74, 6) is -0.0640. The summed E-state index contributed by atoms with van der Waals surface area (Å²) in [5.41, 5.74) is 1.90. The Balaban J connectivity index is 2.02. The Hall–Kier alpha value is -2.54. The minimum atomic E-state index is -0.546. The summed E-state index contributed by atoms with van der Waals surface area (Å²) in [6, 6.07) is 5.57. The molecular formula is C15H17N3O4. The molecule has 0 bridgehead atoms. The van der Waals surface area contributed by atoms with Gasteiger partial charge in [0, 0.05) is 13.6 Å². The molecular weight excluding hydrogens is 286 g/mol. The van der Waals surface area contributed by atoms with Crippen molar-refractivity contribution in [3.63, 3.8) is 0 Å². The largest absolute Gasteiger partial charge is 0.508 e. The minimum Gasteiger partial charge on any atom is -0.508 e. The fourth-order valence-electron chi connectivity index (χ4n) is 2.84. The number of phenols is 1. The number of aliphatic hydroxyl groups excluding tert-OH is 1. The van der Waals surface area contributed by atoms with Crippen molar-refractivity contribution in [1.29, 1.82) is 0 Å². The van der Waals surface area contributed by atoms with Crippen molar-refractivity contribution < 1.29 is 19.8 Å². The number of hydrogen-bond donors (Lipinski definition) is 3. The average Bonchev–Trinajstić information content (AvgIpc) is 2.82. The number of phenolic OH excluding ortho intramolecular Hbond substituents is 1. The first-order valence-electron chi connectivity index (χ1n) is 6.99. The van der Waals surface area contributed by atoms with Crippen LogP contribution in [0, 0.1) is 0 Å². The maximum absolute atomic E-state index is 12.6. The second kappa shape index (κ2) is 5.34. The number of nitrogens with zero attached hydrogens (tertiary/aromatic N) is 2. The zero-order valence-electron chi connectivity index (χ0n) is 12.1. The summed E-state index contributed by atoms with van der Waals surface area (Å²) in [5, 5.41) is 21.3. The first-order valence-corrected chi connectivity index (χ1v) is 6.99. The molecule has 2 aliphatic rings. The topological polar surface area (TPSA) is 93.1 Å². The van der Waals surface area contributed by atoms with Gasteiger partial charge in [-0.15, -0.1) is 0 Å². The fraction of sp³-hybridized carbons (Fsp3) is 0.333. The van der Waals surface area contributed by atoms with Crippen molar-refractivity contribution in [1.82, 2.24) is 15.1 Å². The third kappa shape index (κ3) is 2.19. The maximum atomic E-state index is 12.6. The zero-order valence-corrected chi connectivity index (χ0v) is 12.1. The summed E-state index contributed by atoms with van der Waals surface area (Å²) in [6.07, 6.45) is 0. The molecule has 22 heavy (non-hydrogen) atoms. The molecule has 3 rings (SSSR count). The van der Waals surface area contributed by atoms with Gasteiger partial charge in [0.25, 0.3) is 5.91 Å². The highest BCUT2D eigenvalue weighted by Gasteiger charge is 2.42. The molecule has 7 heteroatoms. The SMILES string of the molecule is CN1C(=O)N[C@H](c2ccc(O)cc2)C2=C1CN(CCO)C2=O. The molecule has 0 fully saturated rings. The van der Waals surface area contributed by atoms with Gasteiger partial charge in [-0.1, -0.05) is 12.1 Å². The Morgan fingerprint density at radius 2 is 1.95 bits per heavy atom. The Bertz CT molecular complexity index is 653. The van der Waals surface area contributed by atoms with Crippen LogP contribution in [0.2, 0.25) is 0 Å². The van der Waals surface area contributed by atoms with Gasteiger partial charge in [-0.2, -0.15) is 0 Å². The molecule has 0 aliphatic carbocycles. The third-order valence-electron chi connectivity index (χ3n) is 4.03. The number of aliphatic hydroxyl groups is 1. The number of carbonyl (C=O) groups is 2. The van der Waals surface area contributed by atoms with E-state index in [-0.39, 0.29) is 30.8 Å². The number of aromatic hydroxyl groups is 1. The van der Waals surface area contributed by atoms with Gasteiger partial charge in [0.05, 0.1) is 30.5 Å². The highest BCUT2D eigenvalue weighted by atomic mass is 16.3. The molecule has 1 atom stereocenters. The quantitative estimate of drug-likeness (QED) is 0.742. The molecule has 0 radical (unpaired) electrons. The molecule has 3 N–H and O–H groups in total. The van der Waals surface area contributed by atoms with Crippen molar-refractivity contribution >= 4 is 11.9 Å². The standard InChI is InChI=1S/C15H17N3O4/c1-17-11-8-18(6-7-19)14(21)12(11)13(16-15(17)22)9-2-4-10(20)5-3-9/h2-5,13,19-20H,6-8H2,1H3,(H,16,22)/t13-/m1/s1. The van der Waals surface area contributed by atoms with E-state index in [1.807, 2.05) is 0 Å². The van der Waals surface area contributed by atoms with E-state index in [1.165, 1.54) is 21.9 Å². The lowest BCUT2D eigenvalue weighted by atomic mass is 9.96. The number of benzene rings is 1. The van der Waals surface area contributed by atoms with Gasteiger partial charge in [-0.3, -0.25) is 9.69 Å². The molecule has 0 saturated heterocycles. The van der Waals surface area contributed by atoms with Crippen LogP contribution in [0.1, 0.15) is 11.6 Å². The molecule has 116 valence electrons. The number of nitrogens with one attached hydrogen (secondary N) is 1. The number of rotatable bonds is 3. The van der Waals surface area contributed by atoms with Crippen LogP contribution in [0.4, 0.5) is 4.79 Å². The summed E-state index contributed by atoms with van der Waals surface area (Å²) < 4.78 is 0. The van der Waals surface area contributed by atoms with Gasteiger partial charge < -0.3 is 20.4 Å². The first kappa shape index (κ1) is 14.4. The number of likely N-dealkylation sites (N-methyl/N-ethyl adjacent to an activating group) is 1. The maximum Gasteiger partial charge on any atom is 0.322 e. The number of urea groups is 1. The summed E-state index contributed by atoms with van der Waals surface area (Å²) in [4.78, 5) is 27.6. The fourth-order valence-corrected chi connectivity index (χ4v) is 2.84. The summed E-state index contributed by atoms with van der Waals surface area (Å²) in [7, 11) is 1.62. The Kier molecular flexibility index (Phi) is 3.50. The van der Waals surface area contributed by atoms with Crippen molar-refractivity contribution in [3.05, 3.63) is 41.1 Å². The van der Waals surface area contributed by atoms with Gasteiger partial charge >= 0.3 is 6.03 Å². The lowest BCUT2D eigenvalue weighted by Gasteiger charge is -2.31. The second-order valence-corrected chi connectivity index (χ2v) is 5.34. The molecule has 0 aromatic heterocycles. The van der Waals surface area contributed by atoms with Crippen molar-refractivity contribution in [3.8, 4) is 5.75 Å². The molecule has 1 aromatic rings. The molecule has 2 heterocycles. The predicted octanol–water partition coefficient (Wildman–Crippen LogP) is 0.177. The normalized spacial score (nSPS) is 21.3. The lowest BCUT2D eigenvalue weighted by molar-refractivity contribution is -0.126. The zero-order chi connectivity index (χ0) is 15.9. The minimum absolute atomic E-state index is 0.122. The van der Waals surface area contributed by atoms with E-state index in [1.54, 1.807) is 19.2 Å². The van der Waals surface area contributed by atoms with Crippen LogP contribution in [0.15, 0.2) is 35.5 Å². The van der Waals surface area contributed by atoms with Gasteiger partial charge in [0.15, 0.2) is 0 Å². The lowest BCUT2D eigenvalue weighted by Crippen LogP contribution is -2.45. The Morgan fingerprint density at radius 1 is 1.27 bits per heavy atom. The van der Waals surface area contributed by atoms with Crippen molar-refractivity contribution in [2.45, 2.75) is 6.04 Å². The van der Waals surface area contributed by atoms with Crippen LogP contribution in [0.25, 0.3) is 0 Å². The Labute approximate surface area is 127 Å². The molecule has 1 aromatic carbocycles. The number of amides is 3. The molecule has 0 saturated carbocycles. The van der Waals surface area contributed by atoms with E-state index >= 15 is 0 Å². The Morgan fingerprint density at radius 3 is 2.59 bits per heavy atom. The van der Waals surface area contributed by atoms with Gasteiger partial charge in [-0.25, -0.2) is 4.79 Å². The smallest absolute Gasteiger partial charge is 0.322 e.